The van der Waals surface area contributed by atoms with Crippen LogP contribution in [0.1, 0.15) is 10.6 Å². The van der Waals surface area contributed by atoms with E-state index in [1.54, 1.807) is 11.3 Å². The minimum atomic E-state index is 0.0430. The molecule has 0 unspecified atom stereocenters. The van der Waals surface area contributed by atoms with Crippen molar-refractivity contribution in [2.75, 3.05) is 11.9 Å². The van der Waals surface area contributed by atoms with E-state index in [1.165, 1.54) is 0 Å². The molecule has 0 radical (unpaired) electrons. The average Bonchev–Trinajstić information content (AvgIpc) is 2.93. The van der Waals surface area contributed by atoms with Crippen molar-refractivity contribution in [3.8, 4) is 11.3 Å². The minimum Gasteiger partial charge on any atom is -0.396 e. The molecule has 4 nitrogen and oxygen atoms in total. The summed E-state index contributed by atoms with van der Waals surface area (Å²) >= 11 is 1.55. The number of rotatable bonds is 3. The highest BCUT2D eigenvalue weighted by Gasteiger charge is 2.18. The molecule has 2 N–H and O–H groups in total. The number of carbonyl (C=O) groups is 1. The van der Waals surface area contributed by atoms with Crippen LogP contribution < -0.4 is 5.32 Å². The summed E-state index contributed by atoms with van der Waals surface area (Å²) in [7, 11) is 0. The lowest BCUT2D eigenvalue weighted by atomic mass is 10.1. The highest BCUT2D eigenvalue weighted by Crippen LogP contribution is 2.29. The minimum absolute atomic E-state index is 0.0430. The first-order chi connectivity index (χ1) is 8.76. The molecule has 0 atom stereocenters. The highest BCUT2D eigenvalue weighted by atomic mass is 32.1. The number of benzene rings is 1. The van der Waals surface area contributed by atoms with E-state index < -0.39 is 0 Å². The number of hydrogen-bond donors (Lipinski definition) is 2. The van der Waals surface area contributed by atoms with Gasteiger partial charge in [-0.25, -0.2) is 4.98 Å². The van der Waals surface area contributed by atoms with Gasteiger partial charge in [0, 0.05) is 29.7 Å². The molecular weight excluding hydrogens is 248 g/mol. The molecule has 0 fully saturated rings. The van der Waals surface area contributed by atoms with Crippen LogP contribution in [0.2, 0.25) is 0 Å². The summed E-state index contributed by atoms with van der Waals surface area (Å²) < 4.78 is 0. The van der Waals surface area contributed by atoms with E-state index in [9.17, 15) is 4.79 Å². The smallest absolute Gasteiger partial charge is 0.228 e. The molecule has 0 saturated carbocycles. The maximum Gasteiger partial charge on any atom is 0.228 e. The van der Waals surface area contributed by atoms with E-state index in [0.717, 1.165) is 27.5 Å². The van der Waals surface area contributed by atoms with Crippen LogP contribution in [0.5, 0.6) is 0 Å². The number of nitrogens with zero attached hydrogens (tertiary/aromatic N) is 1. The zero-order valence-electron chi connectivity index (χ0n) is 9.64. The van der Waals surface area contributed by atoms with E-state index in [2.05, 4.69) is 10.3 Å². The Morgan fingerprint density at radius 1 is 1.44 bits per heavy atom. The van der Waals surface area contributed by atoms with Crippen molar-refractivity contribution in [3.63, 3.8) is 0 Å². The molecule has 5 heteroatoms. The molecule has 18 heavy (non-hydrogen) atoms. The SMILES string of the molecule is O=C1Cc2cc(-c3csc(CCO)n3)ccc2N1. The Morgan fingerprint density at radius 3 is 3.17 bits per heavy atom. The monoisotopic (exact) mass is 260 g/mol. The number of carbonyl (C=O) groups excluding carboxylic acids is 1. The van der Waals surface area contributed by atoms with Gasteiger partial charge in [0.25, 0.3) is 0 Å². The molecule has 1 amide bonds. The van der Waals surface area contributed by atoms with Gasteiger partial charge in [-0.1, -0.05) is 6.07 Å². The first-order valence-electron chi connectivity index (χ1n) is 5.74. The Labute approximate surface area is 108 Å². The predicted octanol–water partition coefficient (Wildman–Crippen LogP) is 1.84. The van der Waals surface area contributed by atoms with E-state index >= 15 is 0 Å². The fourth-order valence-electron chi connectivity index (χ4n) is 2.04. The summed E-state index contributed by atoms with van der Waals surface area (Å²) in [4.78, 5) is 15.8. The Balaban J connectivity index is 1.92. The number of aliphatic hydroxyl groups is 1. The Morgan fingerprint density at radius 2 is 2.33 bits per heavy atom. The molecule has 3 rings (SSSR count). The fraction of sp³-hybridized carbons (Fsp3) is 0.231. The number of fused-ring (bicyclic) bond motifs is 1. The quantitative estimate of drug-likeness (QED) is 0.885. The van der Waals surface area contributed by atoms with Gasteiger partial charge in [0.15, 0.2) is 0 Å². The molecule has 92 valence electrons. The number of hydrogen-bond acceptors (Lipinski definition) is 4. The fourth-order valence-corrected chi connectivity index (χ4v) is 2.84. The van der Waals surface area contributed by atoms with E-state index in [1.807, 2.05) is 23.6 Å². The van der Waals surface area contributed by atoms with Gasteiger partial charge < -0.3 is 10.4 Å². The van der Waals surface area contributed by atoms with Crippen LogP contribution >= 0.6 is 11.3 Å². The van der Waals surface area contributed by atoms with Crippen molar-refractivity contribution in [2.24, 2.45) is 0 Å². The lowest BCUT2D eigenvalue weighted by molar-refractivity contribution is -0.115. The second kappa shape index (κ2) is 4.51. The first kappa shape index (κ1) is 11.4. The standard InChI is InChI=1S/C13H12N2O2S/c16-4-3-13-15-11(7-18-13)8-1-2-10-9(5-8)6-12(17)14-10/h1-2,5,7,16H,3-4,6H2,(H,14,17). The molecule has 1 aliphatic heterocycles. The number of anilines is 1. The maximum absolute atomic E-state index is 11.3. The highest BCUT2D eigenvalue weighted by molar-refractivity contribution is 7.09. The number of aliphatic hydroxyl groups excluding tert-OH is 1. The lowest BCUT2D eigenvalue weighted by Gasteiger charge is -2.01. The summed E-state index contributed by atoms with van der Waals surface area (Å²) in [5.74, 6) is 0.0430. The van der Waals surface area contributed by atoms with Gasteiger partial charge in [-0.3, -0.25) is 4.79 Å². The summed E-state index contributed by atoms with van der Waals surface area (Å²) in [6, 6.07) is 5.88. The van der Waals surface area contributed by atoms with Crippen molar-refractivity contribution >= 4 is 22.9 Å². The van der Waals surface area contributed by atoms with Crippen LogP contribution in [0.4, 0.5) is 5.69 Å². The molecule has 2 aromatic rings. The maximum atomic E-state index is 11.3. The molecule has 0 spiro atoms. The van der Waals surface area contributed by atoms with Crippen molar-refractivity contribution in [2.45, 2.75) is 12.8 Å². The Bertz CT molecular complexity index is 607. The molecule has 1 aromatic heterocycles. The molecule has 0 saturated heterocycles. The summed E-state index contributed by atoms with van der Waals surface area (Å²) in [5.41, 5.74) is 3.85. The van der Waals surface area contributed by atoms with Crippen LogP contribution in [0.15, 0.2) is 23.6 Å². The topological polar surface area (TPSA) is 62.2 Å². The number of thiazole rings is 1. The van der Waals surface area contributed by atoms with Crippen molar-refractivity contribution < 1.29 is 9.90 Å². The molecule has 1 aromatic carbocycles. The summed E-state index contributed by atoms with van der Waals surface area (Å²) in [6.07, 6.45) is 1.03. The van der Waals surface area contributed by atoms with Crippen LogP contribution in [0.25, 0.3) is 11.3 Å². The van der Waals surface area contributed by atoms with E-state index in [0.29, 0.717) is 12.8 Å². The van der Waals surface area contributed by atoms with Crippen LogP contribution in [0.3, 0.4) is 0 Å². The molecule has 0 bridgehead atoms. The van der Waals surface area contributed by atoms with Crippen molar-refractivity contribution in [3.05, 3.63) is 34.2 Å². The second-order valence-corrected chi connectivity index (χ2v) is 5.14. The lowest BCUT2D eigenvalue weighted by Crippen LogP contribution is -2.03. The molecule has 1 aliphatic rings. The van der Waals surface area contributed by atoms with Gasteiger partial charge in [-0.05, 0) is 17.7 Å². The summed E-state index contributed by atoms with van der Waals surface area (Å²) in [6.45, 7) is 0.121. The van der Waals surface area contributed by atoms with Gasteiger partial charge in [0.1, 0.15) is 0 Å². The number of nitrogens with one attached hydrogen (secondary N) is 1. The van der Waals surface area contributed by atoms with E-state index in [-0.39, 0.29) is 12.5 Å². The molecular formula is C13H12N2O2S. The van der Waals surface area contributed by atoms with Gasteiger partial charge in [0.05, 0.1) is 17.1 Å². The predicted molar refractivity (Wildman–Crippen MR) is 70.7 cm³/mol. The van der Waals surface area contributed by atoms with Gasteiger partial charge in [-0.15, -0.1) is 11.3 Å². The zero-order valence-corrected chi connectivity index (χ0v) is 10.5. The zero-order chi connectivity index (χ0) is 12.5. The molecule has 2 heterocycles. The Hall–Kier alpha value is -1.72. The number of amides is 1. The first-order valence-corrected chi connectivity index (χ1v) is 6.62. The van der Waals surface area contributed by atoms with Crippen molar-refractivity contribution in [1.82, 2.24) is 4.98 Å². The van der Waals surface area contributed by atoms with Gasteiger partial charge >= 0.3 is 0 Å². The van der Waals surface area contributed by atoms with Crippen LogP contribution in [0, 0.1) is 0 Å². The number of aromatic nitrogens is 1. The molecule has 0 aliphatic carbocycles. The Kier molecular flexibility index (Phi) is 2.85. The van der Waals surface area contributed by atoms with Crippen LogP contribution in [-0.4, -0.2) is 22.6 Å². The summed E-state index contributed by atoms with van der Waals surface area (Å²) in [5, 5.41) is 14.6. The van der Waals surface area contributed by atoms with Crippen molar-refractivity contribution in [1.29, 1.82) is 0 Å². The largest absolute Gasteiger partial charge is 0.396 e. The average molecular weight is 260 g/mol. The second-order valence-electron chi connectivity index (χ2n) is 4.20. The van der Waals surface area contributed by atoms with Gasteiger partial charge in [-0.2, -0.15) is 0 Å². The third kappa shape index (κ3) is 2.02. The third-order valence-electron chi connectivity index (χ3n) is 2.90. The van der Waals surface area contributed by atoms with Crippen LogP contribution in [-0.2, 0) is 17.6 Å². The van der Waals surface area contributed by atoms with E-state index in [4.69, 9.17) is 5.11 Å². The third-order valence-corrected chi connectivity index (χ3v) is 3.81. The normalized spacial score (nSPS) is 13.5. The van der Waals surface area contributed by atoms with Gasteiger partial charge in [0.2, 0.25) is 5.91 Å².